The van der Waals surface area contributed by atoms with Crippen molar-refractivity contribution in [1.82, 2.24) is 0 Å². The monoisotopic (exact) mass is 128 g/mol. The summed E-state index contributed by atoms with van der Waals surface area (Å²) in [6.07, 6.45) is 1.05. The topological polar surface area (TPSA) is 86.2 Å². The first-order valence-corrected chi connectivity index (χ1v) is 2.69. The summed E-state index contributed by atoms with van der Waals surface area (Å²) in [5.41, 5.74) is 8.82. The van der Waals surface area contributed by atoms with Crippen molar-refractivity contribution in [3.05, 3.63) is 0 Å². The molecule has 50 valence electrons. The summed E-state index contributed by atoms with van der Waals surface area (Å²) in [6.45, 7) is 0. The molecule has 4 N–H and O–H groups in total. The Kier molecular flexibility index (Phi) is 0.986. The normalized spacial score (nSPS) is 20.9. The van der Waals surface area contributed by atoms with E-state index in [1.165, 1.54) is 0 Å². The maximum absolute atomic E-state index is 10.4. The molecule has 0 bridgehead atoms. The maximum atomic E-state index is 10.4. The average molecular weight is 128 g/mol. The van der Waals surface area contributed by atoms with Crippen molar-refractivity contribution in [3.8, 4) is 0 Å². The molecule has 0 heterocycles. The molecule has 0 saturated heterocycles. The van der Waals surface area contributed by atoms with Crippen molar-refractivity contribution < 1.29 is 9.59 Å². The summed E-state index contributed by atoms with van der Waals surface area (Å²) >= 11 is 0. The summed E-state index contributed by atoms with van der Waals surface area (Å²) in [6, 6.07) is 0. The number of hydrogen-bond donors (Lipinski definition) is 2. The van der Waals surface area contributed by atoms with Crippen LogP contribution in [-0.4, -0.2) is 11.8 Å². The highest BCUT2D eigenvalue weighted by atomic mass is 16.2. The Bertz CT molecular complexity index is 156. The molecule has 1 aliphatic rings. The van der Waals surface area contributed by atoms with Crippen LogP contribution in [0.3, 0.4) is 0 Å². The fourth-order valence-corrected chi connectivity index (χ4v) is 0.739. The van der Waals surface area contributed by atoms with E-state index in [0.29, 0.717) is 12.8 Å². The van der Waals surface area contributed by atoms with Gasteiger partial charge in [-0.25, -0.2) is 0 Å². The molecule has 0 aromatic heterocycles. The fourth-order valence-electron chi connectivity index (χ4n) is 0.739. The molecule has 1 aliphatic carbocycles. The lowest BCUT2D eigenvalue weighted by Gasteiger charge is -2.02. The summed E-state index contributed by atoms with van der Waals surface area (Å²) in [7, 11) is 0. The minimum atomic E-state index is -0.972. The van der Waals surface area contributed by atoms with E-state index >= 15 is 0 Å². The van der Waals surface area contributed by atoms with Gasteiger partial charge in [0.1, 0.15) is 5.41 Å². The lowest BCUT2D eigenvalue weighted by Crippen LogP contribution is -2.36. The number of amides is 2. The zero-order valence-electron chi connectivity index (χ0n) is 4.89. The maximum Gasteiger partial charge on any atom is 0.233 e. The van der Waals surface area contributed by atoms with Gasteiger partial charge < -0.3 is 11.5 Å². The minimum Gasteiger partial charge on any atom is -0.369 e. The molecule has 0 radical (unpaired) electrons. The van der Waals surface area contributed by atoms with Gasteiger partial charge in [-0.3, -0.25) is 9.59 Å². The predicted octanol–water partition coefficient (Wildman–Crippen LogP) is -1.26. The quantitative estimate of drug-likeness (QED) is 0.454. The largest absolute Gasteiger partial charge is 0.369 e. The summed E-state index contributed by atoms with van der Waals surface area (Å²) < 4.78 is 0. The van der Waals surface area contributed by atoms with E-state index in [-0.39, 0.29) is 0 Å². The third-order valence-corrected chi connectivity index (χ3v) is 1.69. The third-order valence-electron chi connectivity index (χ3n) is 1.69. The smallest absolute Gasteiger partial charge is 0.233 e. The van der Waals surface area contributed by atoms with E-state index in [4.69, 9.17) is 11.5 Å². The van der Waals surface area contributed by atoms with Crippen LogP contribution in [0.5, 0.6) is 0 Å². The van der Waals surface area contributed by atoms with E-state index in [1.807, 2.05) is 0 Å². The SMILES string of the molecule is NC(=O)C1(C(N)=O)CC1. The van der Waals surface area contributed by atoms with Gasteiger partial charge in [0.25, 0.3) is 0 Å². The van der Waals surface area contributed by atoms with Gasteiger partial charge >= 0.3 is 0 Å². The fraction of sp³-hybridized carbons (Fsp3) is 0.600. The molecule has 1 saturated carbocycles. The first-order chi connectivity index (χ1) is 4.09. The summed E-state index contributed by atoms with van der Waals surface area (Å²) in [5.74, 6) is -1.18. The van der Waals surface area contributed by atoms with Crippen LogP contribution in [0.4, 0.5) is 0 Å². The number of carbonyl (C=O) groups is 2. The molecule has 2 amide bonds. The van der Waals surface area contributed by atoms with Gasteiger partial charge in [-0.2, -0.15) is 0 Å². The molecule has 0 atom stereocenters. The Labute approximate surface area is 52.2 Å². The molecular formula is C5H8N2O2. The van der Waals surface area contributed by atoms with Crippen molar-refractivity contribution in [3.63, 3.8) is 0 Å². The second-order valence-electron chi connectivity index (χ2n) is 2.31. The van der Waals surface area contributed by atoms with Crippen molar-refractivity contribution in [2.24, 2.45) is 16.9 Å². The molecule has 0 unspecified atom stereocenters. The third kappa shape index (κ3) is 0.667. The van der Waals surface area contributed by atoms with Gasteiger partial charge in [-0.05, 0) is 12.8 Å². The lowest BCUT2D eigenvalue weighted by atomic mass is 10.1. The van der Waals surface area contributed by atoms with Gasteiger partial charge in [0.05, 0.1) is 0 Å². The zero-order valence-corrected chi connectivity index (χ0v) is 4.89. The molecule has 9 heavy (non-hydrogen) atoms. The van der Waals surface area contributed by atoms with Gasteiger partial charge in [-0.15, -0.1) is 0 Å². The Balaban J connectivity index is 2.75. The summed E-state index contributed by atoms with van der Waals surface area (Å²) in [5, 5.41) is 0. The number of rotatable bonds is 2. The molecule has 0 aliphatic heterocycles. The predicted molar refractivity (Wildman–Crippen MR) is 30.1 cm³/mol. The molecule has 4 heteroatoms. The van der Waals surface area contributed by atoms with Crippen LogP contribution in [0, 0.1) is 5.41 Å². The Morgan fingerprint density at radius 1 is 1.11 bits per heavy atom. The van der Waals surface area contributed by atoms with E-state index in [1.54, 1.807) is 0 Å². The molecule has 4 nitrogen and oxygen atoms in total. The van der Waals surface area contributed by atoms with Crippen LogP contribution >= 0.6 is 0 Å². The van der Waals surface area contributed by atoms with E-state index in [9.17, 15) is 9.59 Å². The molecule has 0 aromatic carbocycles. The number of carbonyl (C=O) groups excluding carboxylic acids is 2. The van der Waals surface area contributed by atoms with Crippen LogP contribution in [0.15, 0.2) is 0 Å². The van der Waals surface area contributed by atoms with Crippen LogP contribution < -0.4 is 11.5 Å². The van der Waals surface area contributed by atoms with Crippen LogP contribution in [0.25, 0.3) is 0 Å². The molecule has 1 fully saturated rings. The van der Waals surface area contributed by atoms with E-state index in [2.05, 4.69) is 0 Å². The molecule has 1 rings (SSSR count). The highest BCUT2D eigenvalue weighted by Gasteiger charge is 2.54. The van der Waals surface area contributed by atoms with Gasteiger partial charge in [0.2, 0.25) is 11.8 Å². The zero-order chi connectivity index (χ0) is 7.07. The Hall–Kier alpha value is -1.06. The van der Waals surface area contributed by atoms with Crippen LogP contribution in [0.1, 0.15) is 12.8 Å². The Morgan fingerprint density at radius 2 is 1.44 bits per heavy atom. The van der Waals surface area contributed by atoms with E-state index < -0.39 is 17.2 Å². The van der Waals surface area contributed by atoms with Crippen molar-refractivity contribution in [1.29, 1.82) is 0 Å². The number of primary amides is 2. The van der Waals surface area contributed by atoms with Crippen molar-refractivity contribution in [2.75, 3.05) is 0 Å². The molecular weight excluding hydrogens is 120 g/mol. The standard InChI is InChI=1S/C5H8N2O2/c6-3(8)5(1-2-5)4(7)9/h1-2H2,(H2,6,8)(H2,7,9). The average Bonchev–Trinajstić information content (AvgIpc) is 2.40. The first-order valence-electron chi connectivity index (χ1n) is 2.69. The van der Waals surface area contributed by atoms with Crippen molar-refractivity contribution in [2.45, 2.75) is 12.8 Å². The second-order valence-corrected chi connectivity index (χ2v) is 2.31. The van der Waals surface area contributed by atoms with Gasteiger partial charge in [0, 0.05) is 0 Å². The number of hydrogen-bond acceptors (Lipinski definition) is 2. The van der Waals surface area contributed by atoms with E-state index in [0.717, 1.165) is 0 Å². The lowest BCUT2D eigenvalue weighted by molar-refractivity contribution is -0.133. The first kappa shape index (κ1) is 6.07. The highest BCUT2D eigenvalue weighted by molar-refractivity contribution is 6.06. The highest BCUT2D eigenvalue weighted by Crippen LogP contribution is 2.44. The second kappa shape index (κ2) is 1.46. The Morgan fingerprint density at radius 3 is 1.44 bits per heavy atom. The molecule has 0 spiro atoms. The van der Waals surface area contributed by atoms with Crippen molar-refractivity contribution >= 4 is 11.8 Å². The summed E-state index contributed by atoms with van der Waals surface area (Å²) in [4.78, 5) is 20.9. The van der Waals surface area contributed by atoms with Crippen LogP contribution in [-0.2, 0) is 9.59 Å². The van der Waals surface area contributed by atoms with Crippen LogP contribution in [0.2, 0.25) is 0 Å². The minimum absolute atomic E-state index is 0.525. The van der Waals surface area contributed by atoms with Gasteiger partial charge in [-0.1, -0.05) is 0 Å². The van der Waals surface area contributed by atoms with Gasteiger partial charge in [0.15, 0.2) is 0 Å². The molecule has 0 aromatic rings. The number of nitrogens with two attached hydrogens (primary N) is 2.